The van der Waals surface area contributed by atoms with Gasteiger partial charge >= 0.3 is 0 Å². The fourth-order valence-electron chi connectivity index (χ4n) is 5.05. The average Bonchev–Trinajstić information content (AvgIpc) is 3.00. The molecule has 0 saturated carbocycles. The van der Waals surface area contributed by atoms with Gasteiger partial charge in [-0.1, -0.05) is 84.4 Å². The lowest BCUT2D eigenvalue weighted by Gasteiger charge is -2.34. The zero-order chi connectivity index (χ0) is 31.1. The van der Waals surface area contributed by atoms with Crippen LogP contribution in [-0.2, 0) is 32.6 Å². The lowest BCUT2D eigenvalue weighted by molar-refractivity contribution is -0.139. The molecule has 4 aromatic carbocycles. The van der Waals surface area contributed by atoms with Gasteiger partial charge in [0.2, 0.25) is 11.8 Å². The number of nitrogens with zero attached hydrogens (tertiary/aromatic N) is 2. The number of rotatable bonds is 11. The van der Waals surface area contributed by atoms with E-state index in [1.807, 2.05) is 88.4 Å². The molecule has 2 amide bonds. The second-order valence-electron chi connectivity index (χ2n) is 10.8. The highest BCUT2D eigenvalue weighted by Gasteiger charge is 2.35. The van der Waals surface area contributed by atoms with Gasteiger partial charge in [-0.25, -0.2) is 8.42 Å². The van der Waals surface area contributed by atoms with E-state index >= 15 is 0 Å². The highest BCUT2D eigenvalue weighted by atomic mass is 32.2. The molecule has 0 saturated heterocycles. The number of likely N-dealkylation sites (N-methyl/N-ethyl adjacent to an activating group) is 1. The molecule has 43 heavy (non-hydrogen) atoms. The number of carbonyl (C=O) groups excluding carboxylic acids is 2. The fraction of sp³-hybridized carbons (Fsp3) is 0.257. The Hall–Kier alpha value is -4.43. The largest absolute Gasteiger partial charge is 0.357 e. The monoisotopic (exact) mass is 597 g/mol. The van der Waals surface area contributed by atoms with Crippen LogP contribution in [0.4, 0.5) is 5.69 Å². The summed E-state index contributed by atoms with van der Waals surface area (Å²) in [4.78, 5) is 29.5. The average molecular weight is 598 g/mol. The first-order valence-corrected chi connectivity index (χ1v) is 15.7. The molecule has 0 fully saturated rings. The fourth-order valence-corrected chi connectivity index (χ4v) is 6.52. The summed E-state index contributed by atoms with van der Waals surface area (Å²) in [6.07, 6.45) is 0.270. The van der Waals surface area contributed by atoms with Crippen LogP contribution in [0.5, 0.6) is 0 Å². The maximum atomic E-state index is 14.5. The van der Waals surface area contributed by atoms with Gasteiger partial charge in [-0.3, -0.25) is 13.9 Å². The van der Waals surface area contributed by atoms with E-state index in [-0.39, 0.29) is 23.8 Å². The van der Waals surface area contributed by atoms with Gasteiger partial charge in [0.1, 0.15) is 12.6 Å². The summed E-state index contributed by atoms with van der Waals surface area (Å²) in [5, 5.41) is 2.72. The maximum Gasteiger partial charge on any atom is 0.264 e. The molecule has 0 bridgehead atoms. The minimum atomic E-state index is -4.14. The molecule has 0 aromatic heterocycles. The van der Waals surface area contributed by atoms with Gasteiger partial charge in [0.25, 0.3) is 10.0 Å². The Morgan fingerprint density at radius 1 is 0.767 bits per heavy atom. The summed E-state index contributed by atoms with van der Waals surface area (Å²) < 4.78 is 29.6. The third-order valence-electron chi connectivity index (χ3n) is 7.85. The predicted molar refractivity (Wildman–Crippen MR) is 171 cm³/mol. The number of benzene rings is 4. The first kappa shape index (κ1) is 31.5. The summed E-state index contributed by atoms with van der Waals surface area (Å²) in [7, 11) is -2.60. The van der Waals surface area contributed by atoms with Crippen molar-refractivity contribution in [3.05, 3.63) is 130 Å². The first-order valence-electron chi connectivity index (χ1n) is 14.3. The van der Waals surface area contributed by atoms with E-state index in [0.717, 1.165) is 33.4 Å². The van der Waals surface area contributed by atoms with E-state index in [4.69, 9.17) is 0 Å². The summed E-state index contributed by atoms with van der Waals surface area (Å²) in [6, 6.07) is 28.3. The zero-order valence-electron chi connectivity index (χ0n) is 25.4. The van der Waals surface area contributed by atoms with Crippen molar-refractivity contribution in [3.63, 3.8) is 0 Å². The summed E-state index contributed by atoms with van der Waals surface area (Å²) in [6.45, 7) is 7.26. The molecule has 0 heterocycles. The van der Waals surface area contributed by atoms with Crippen molar-refractivity contribution in [1.29, 1.82) is 0 Å². The Bertz CT molecular complexity index is 1690. The molecule has 0 spiro atoms. The molecule has 224 valence electrons. The van der Waals surface area contributed by atoms with Gasteiger partial charge < -0.3 is 10.2 Å². The molecule has 0 aliphatic rings. The quantitative estimate of drug-likeness (QED) is 0.247. The minimum absolute atomic E-state index is 0.0874. The summed E-state index contributed by atoms with van der Waals surface area (Å²) in [5.41, 5.74) is 5.72. The third kappa shape index (κ3) is 7.32. The smallest absolute Gasteiger partial charge is 0.264 e. The number of hydrogen-bond donors (Lipinski definition) is 1. The summed E-state index contributed by atoms with van der Waals surface area (Å²) in [5.74, 6) is -0.810. The highest BCUT2D eigenvalue weighted by Crippen LogP contribution is 2.29. The van der Waals surface area contributed by atoms with E-state index in [1.54, 1.807) is 43.4 Å². The molecular weight excluding hydrogens is 558 g/mol. The van der Waals surface area contributed by atoms with Crippen LogP contribution in [0.3, 0.4) is 0 Å². The number of amides is 2. The summed E-state index contributed by atoms with van der Waals surface area (Å²) >= 11 is 0. The van der Waals surface area contributed by atoms with E-state index < -0.39 is 28.5 Å². The highest BCUT2D eigenvalue weighted by molar-refractivity contribution is 7.92. The Morgan fingerprint density at radius 2 is 1.40 bits per heavy atom. The normalized spacial score (nSPS) is 11.9. The van der Waals surface area contributed by atoms with Crippen LogP contribution in [0.1, 0.15) is 33.4 Å². The maximum absolute atomic E-state index is 14.5. The van der Waals surface area contributed by atoms with Crippen LogP contribution in [0.2, 0.25) is 0 Å². The first-order chi connectivity index (χ1) is 20.5. The molecule has 0 aliphatic carbocycles. The number of aryl methyl sites for hydroxylation is 3. The molecule has 8 heteroatoms. The molecular formula is C35H39N3O4S. The minimum Gasteiger partial charge on any atom is -0.357 e. The standard InChI is InChI=1S/C35H39N3O4S/c1-25-18-20-31(21-19-25)43(41,42)38(32-17-11-13-26(2)28(32)4)24-34(39)37(23-30-16-10-9-12-27(30)3)33(35(40)36-5)22-29-14-7-6-8-15-29/h6-21,33H,22-24H2,1-5H3,(H,36,40). The van der Waals surface area contributed by atoms with E-state index in [9.17, 15) is 18.0 Å². The Balaban J connectivity index is 1.83. The molecule has 1 atom stereocenters. The number of nitrogens with one attached hydrogen (secondary N) is 1. The Morgan fingerprint density at radius 3 is 2.05 bits per heavy atom. The SMILES string of the molecule is CNC(=O)C(Cc1ccccc1)N(Cc1ccccc1C)C(=O)CN(c1cccc(C)c1C)S(=O)(=O)c1ccc(C)cc1. The van der Waals surface area contributed by atoms with E-state index in [1.165, 1.54) is 9.21 Å². The molecule has 7 nitrogen and oxygen atoms in total. The van der Waals surface area contributed by atoms with E-state index in [0.29, 0.717) is 5.69 Å². The lowest BCUT2D eigenvalue weighted by Crippen LogP contribution is -2.53. The van der Waals surface area contributed by atoms with Gasteiger partial charge in [-0.15, -0.1) is 0 Å². The molecule has 0 radical (unpaired) electrons. The van der Waals surface area contributed by atoms with Crippen molar-refractivity contribution in [1.82, 2.24) is 10.2 Å². The van der Waals surface area contributed by atoms with Gasteiger partial charge in [0, 0.05) is 20.0 Å². The molecule has 4 aromatic rings. The number of carbonyl (C=O) groups is 2. The Labute approximate surface area is 255 Å². The van der Waals surface area contributed by atoms with Gasteiger partial charge in [-0.2, -0.15) is 0 Å². The van der Waals surface area contributed by atoms with Crippen LogP contribution in [0, 0.1) is 27.7 Å². The molecule has 0 aliphatic heterocycles. The van der Waals surface area contributed by atoms with Crippen LogP contribution in [0.25, 0.3) is 0 Å². The van der Waals surface area contributed by atoms with Crippen molar-refractivity contribution >= 4 is 27.5 Å². The second-order valence-corrected chi connectivity index (χ2v) is 12.7. The van der Waals surface area contributed by atoms with Crippen LogP contribution >= 0.6 is 0 Å². The van der Waals surface area contributed by atoms with Crippen LogP contribution in [-0.4, -0.2) is 44.8 Å². The molecule has 1 unspecified atom stereocenters. The zero-order valence-corrected chi connectivity index (χ0v) is 26.2. The van der Waals surface area contributed by atoms with Gasteiger partial charge in [0.05, 0.1) is 10.6 Å². The van der Waals surface area contributed by atoms with Crippen molar-refractivity contribution in [3.8, 4) is 0 Å². The van der Waals surface area contributed by atoms with Crippen LogP contribution < -0.4 is 9.62 Å². The van der Waals surface area contributed by atoms with Crippen molar-refractivity contribution in [2.75, 3.05) is 17.9 Å². The van der Waals surface area contributed by atoms with Crippen molar-refractivity contribution in [2.24, 2.45) is 0 Å². The second kappa shape index (κ2) is 13.7. The topological polar surface area (TPSA) is 86.8 Å². The molecule has 4 rings (SSSR count). The number of anilines is 1. The number of sulfonamides is 1. The number of hydrogen-bond acceptors (Lipinski definition) is 4. The van der Waals surface area contributed by atoms with Crippen LogP contribution in [0.15, 0.2) is 102 Å². The van der Waals surface area contributed by atoms with Crippen molar-refractivity contribution in [2.45, 2.75) is 51.6 Å². The van der Waals surface area contributed by atoms with Gasteiger partial charge in [0.15, 0.2) is 0 Å². The molecule has 1 N–H and O–H groups in total. The van der Waals surface area contributed by atoms with Gasteiger partial charge in [-0.05, 0) is 73.7 Å². The predicted octanol–water partition coefficient (Wildman–Crippen LogP) is 5.50. The van der Waals surface area contributed by atoms with Crippen molar-refractivity contribution < 1.29 is 18.0 Å². The lowest BCUT2D eigenvalue weighted by atomic mass is 10.0. The third-order valence-corrected chi connectivity index (χ3v) is 9.63. The Kier molecular flexibility index (Phi) is 10.0. The van der Waals surface area contributed by atoms with E-state index in [2.05, 4.69) is 5.32 Å².